The van der Waals surface area contributed by atoms with Crippen molar-refractivity contribution in [2.75, 3.05) is 20.2 Å². The van der Waals surface area contributed by atoms with Crippen molar-refractivity contribution >= 4 is 12.0 Å². The van der Waals surface area contributed by atoms with Crippen LogP contribution in [0, 0.1) is 0 Å². The molecule has 0 aliphatic heterocycles. The number of hydrogen-bond donors (Lipinski definition) is 3. The molecule has 0 spiro atoms. The number of carbonyl (C=O) groups is 2. The molecule has 0 radical (unpaired) electrons. The molecule has 6 heteroatoms. The van der Waals surface area contributed by atoms with Gasteiger partial charge in [0, 0.05) is 13.6 Å². The number of hydrogen-bond acceptors (Lipinski definition) is 4. The third kappa shape index (κ3) is 6.83. The summed E-state index contributed by atoms with van der Waals surface area (Å²) in [5.74, 6) is -0.200. The lowest BCUT2D eigenvalue weighted by molar-refractivity contribution is -0.122. The van der Waals surface area contributed by atoms with Crippen LogP contribution in [0.4, 0.5) is 4.79 Å². The maximum absolute atomic E-state index is 11.0. The zero-order chi connectivity index (χ0) is 12.4. The molecule has 0 bridgehead atoms. The summed E-state index contributed by atoms with van der Waals surface area (Å²) in [6.07, 6.45) is 2.13. The predicted octanol–water partition coefficient (Wildman–Crippen LogP) is -0.248. The molecule has 0 unspecified atom stereocenters. The normalized spacial score (nSPS) is 11.4. The summed E-state index contributed by atoms with van der Waals surface area (Å²) in [6, 6.07) is -0.531. The van der Waals surface area contributed by atoms with Crippen LogP contribution in [0.15, 0.2) is 12.7 Å². The quantitative estimate of drug-likeness (QED) is 0.414. The third-order valence-corrected chi connectivity index (χ3v) is 1.88. The smallest absolute Gasteiger partial charge is 0.407 e. The van der Waals surface area contributed by atoms with Crippen molar-refractivity contribution in [3.05, 3.63) is 12.7 Å². The molecule has 16 heavy (non-hydrogen) atoms. The van der Waals surface area contributed by atoms with Crippen LogP contribution in [-0.2, 0) is 9.53 Å². The molecule has 0 aromatic carbocycles. The summed E-state index contributed by atoms with van der Waals surface area (Å²) >= 11 is 0. The van der Waals surface area contributed by atoms with E-state index < -0.39 is 12.1 Å². The minimum absolute atomic E-state index is 0.184. The molecule has 6 nitrogen and oxygen atoms in total. The second-order valence-electron chi connectivity index (χ2n) is 3.18. The van der Waals surface area contributed by atoms with E-state index >= 15 is 0 Å². The Morgan fingerprint density at radius 2 is 2.25 bits per heavy atom. The van der Waals surface area contributed by atoms with Crippen molar-refractivity contribution in [3.8, 4) is 0 Å². The van der Waals surface area contributed by atoms with Gasteiger partial charge in [0.1, 0.15) is 6.61 Å². The van der Waals surface area contributed by atoms with Gasteiger partial charge in [-0.2, -0.15) is 0 Å². The maximum atomic E-state index is 11.0. The first-order valence-corrected chi connectivity index (χ1v) is 5.10. The van der Waals surface area contributed by atoms with Crippen molar-refractivity contribution in [2.45, 2.75) is 18.9 Å². The second-order valence-corrected chi connectivity index (χ2v) is 3.18. The van der Waals surface area contributed by atoms with E-state index in [0.29, 0.717) is 19.4 Å². The topological polar surface area (TPSA) is 93.4 Å². The van der Waals surface area contributed by atoms with Gasteiger partial charge in [0.05, 0.1) is 6.04 Å². The van der Waals surface area contributed by atoms with E-state index in [-0.39, 0.29) is 12.5 Å². The number of nitrogens with one attached hydrogen (secondary N) is 2. The summed E-state index contributed by atoms with van der Waals surface area (Å²) in [5, 5.41) is 4.99. The highest BCUT2D eigenvalue weighted by molar-refractivity contribution is 5.81. The van der Waals surface area contributed by atoms with Crippen molar-refractivity contribution < 1.29 is 14.3 Å². The van der Waals surface area contributed by atoms with Gasteiger partial charge in [0.15, 0.2) is 0 Å². The lowest BCUT2D eigenvalue weighted by Crippen LogP contribution is -2.39. The van der Waals surface area contributed by atoms with Crippen LogP contribution >= 0.6 is 0 Å². The highest BCUT2D eigenvalue weighted by Gasteiger charge is 2.10. The summed E-state index contributed by atoms with van der Waals surface area (Å²) in [7, 11) is 1.53. The molecular formula is C10H19N3O3. The van der Waals surface area contributed by atoms with E-state index in [9.17, 15) is 9.59 Å². The van der Waals surface area contributed by atoms with Crippen molar-refractivity contribution in [2.24, 2.45) is 5.73 Å². The largest absolute Gasteiger partial charge is 0.445 e. The fraction of sp³-hybridized carbons (Fsp3) is 0.600. The molecule has 2 amide bonds. The summed E-state index contributed by atoms with van der Waals surface area (Å²) in [5.41, 5.74) is 5.56. The molecule has 0 rings (SSSR count). The van der Waals surface area contributed by atoms with Gasteiger partial charge in [-0.15, -0.1) is 0 Å². The van der Waals surface area contributed by atoms with Gasteiger partial charge < -0.3 is 21.1 Å². The van der Waals surface area contributed by atoms with E-state index in [1.807, 2.05) is 0 Å². The van der Waals surface area contributed by atoms with Crippen LogP contribution in [0.25, 0.3) is 0 Å². The Hall–Kier alpha value is -1.56. The van der Waals surface area contributed by atoms with E-state index in [2.05, 4.69) is 21.9 Å². The Bertz CT molecular complexity index is 243. The Balaban J connectivity index is 3.49. The Labute approximate surface area is 95.2 Å². The van der Waals surface area contributed by atoms with Crippen LogP contribution in [0.5, 0.6) is 0 Å². The first-order chi connectivity index (χ1) is 7.61. The molecule has 0 saturated heterocycles. The molecular weight excluding hydrogens is 210 g/mol. The molecule has 4 N–H and O–H groups in total. The first-order valence-electron chi connectivity index (χ1n) is 5.10. The number of rotatable bonds is 7. The Morgan fingerprint density at radius 1 is 1.56 bits per heavy atom. The molecule has 0 saturated carbocycles. The molecule has 1 atom stereocenters. The van der Waals surface area contributed by atoms with Crippen LogP contribution in [0.2, 0.25) is 0 Å². The summed E-state index contributed by atoms with van der Waals surface area (Å²) in [6.45, 7) is 4.03. The van der Waals surface area contributed by atoms with Gasteiger partial charge >= 0.3 is 6.09 Å². The van der Waals surface area contributed by atoms with Crippen LogP contribution in [-0.4, -0.2) is 38.2 Å². The van der Waals surface area contributed by atoms with Gasteiger partial charge in [0.25, 0.3) is 0 Å². The number of carbonyl (C=O) groups excluding carboxylic acids is 2. The highest BCUT2D eigenvalue weighted by Crippen LogP contribution is 1.93. The Morgan fingerprint density at radius 3 is 2.81 bits per heavy atom. The zero-order valence-corrected chi connectivity index (χ0v) is 9.49. The van der Waals surface area contributed by atoms with Crippen molar-refractivity contribution in [3.63, 3.8) is 0 Å². The second kappa shape index (κ2) is 8.72. The standard InChI is InChI=1S/C10H19N3O3/c1-3-7-16-10(15)13-6-4-5-8(11)9(14)12-2/h3,8H,1,4-7,11H2,2H3,(H,12,14)(H,13,15)/t8-/m1/s1. The molecule has 0 aliphatic carbocycles. The number of likely N-dealkylation sites (N-methyl/N-ethyl adjacent to an activating group) is 1. The van der Waals surface area contributed by atoms with E-state index in [0.717, 1.165) is 0 Å². The van der Waals surface area contributed by atoms with Gasteiger partial charge in [-0.3, -0.25) is 4.79 Å². The van der Waals surface area contributed by atoms with Crippen LogP contribution < -0.4 is 16.4 Å². The molecule has 0 aromatic heterocycles. The minimum atomic E-state index is -0.531. The van der Waals surface area contributed by atoms with Gasteiger partial charge in [-0.05, 0) is 12.8 Å². The summed E-state index contributed by atoms with van der Waals surface area (Å²) < 4.78 is 4.69. The van der Waals surface area contributed by atoms with E-state index in [1.165, 1.54) is 13.1 Å². The van der Waals surface area contributed by atoms with Gasteiger partial charge in [-0.1, -0.05) is 12.7 Å². The number of nitrogens with two attached hydrogens (primary N) is 1. The lowest BCUT2D eigenvalue weighted by atomic mass is 10.1. The SMILES string of the molecule is C=CCOC(=O)NCCC[C@@H](N)C(=O)NC. The fourth-order valence-electron chi connectivity index (χ4n) is 1.01. The van der Waals surface area contributed by atoms with Crippen molar-refractivity contribution in [1.29, 1.82) is 0 Å². The molecule has 0 fully saturated rings. The number of amides is 2. The molecule has 0 aromatic rings. The average Bonchev–Trinajstić information content (AvgIpc) is 2.30. The zero-order valence-electron chi connectivity index (χ0n) is 9.49. The highest BCUT2D eigenvalue weighted by atomic mass is 16.5. The van der Waals surface area contributed by atoms with Gasteiger partial charge in [0.2, 0.25) is 5.91 Å². The number of alkyl carbamates (subject to hydrolysis) is 1. The lowest BCUT2D eigenvalue weighted by Gasteiger charge is -2.10. The van der Waals surface area contributed by atoms with Crippen LogP contribution in [0.3, 0.4) is 0 Å². The minimum Gasteiger partial charge on any atom is -0.445 e. The summed E-state index contributed by atoms with van der Waals surface area (Å²) in [4.78, 5) is 22.0. The molecule has 0 heterocycles. The Kier molecular flexibility index (Phi) is 7.87. The maximum Gasteiger partial charge on any atom is 0.407 e. The third-order valence-electron chi connectivity index (χ3n) is 1.88. The number of ether oxygens (including phenoxy) is 1. The van der Waals surface area contributed by atoms with E-state index in [4.69, 9.17) is 5.73 Å². The average molecular weight is 229 g/mol. The predicted molar refractivity (Wildman–Crippen MR) is 60.8 cm³/mol. The fourth-order valence-corrected chi connectivity index (χ4v) is 1.01. The molecule has 92 valence electrons. The van der Waals surface area contributed by atoms with E-state index in [1.54, 1.807) is 0 Å². The van der Waals surface area contributed by atoms with Gasteiger partial charge in [-0.25, -0.2) is 4.79 Å². The first kappa shape index (κ1) is 14.4. The monoisotopic (exact) mass is 229 g/mol. The van der Waals surface area contributed by atoms with Crippen molar-refractivity contribution in [1.82, 2.24) is 10.6 Å². The molecule has 0 aliphatic rings. The van der Waals surface area contributed by atoms with Crippen LogP contribution in [0.1, 0.15) is 12.8 Å².